The fourth-order valence-electron chi connectivity index (χ4n) is 3.95. The van der Waals surface area contributed by atoms with Crippen LogP contribution in [0.4, 0.5) is 0 Å². The van der Waals surface area contributed by atoms with Crippen LogP contribution in [0.5, 0.6) is 11.5 Å². The lowest BCUT2D eigenvalue weighted by molar-refractivity contribution is -0.149. The minimum atomic E-state index is -1.25. The predicted molar refractivity (Wildman–Crippen MR) is 153 cm³/mol. The van der Waals surface area contributed by atoms with Crippen molar-refractivity contribution in [3.05, 3.63) is 129 Å². The first kappa shape index (κ1) is 26.9. The highest BCUT2D eigenvalue weighted by atomic mass is 35.5. The van der Waals surface area contributed by atoms with E-state index in [2.05, 4.69) is 38.1 Å². The Labute approximate surface area is 228 Å². The van der Waals surface area contributed by atoms with Crippen molar-refractivity contribution < 1.29 is 19.1 Å². The maximum atomic E-state index is 12.9. The summed E-state index contributed by atoms with van der Waals surface area (Å²) in [5.74, 6) is 0.224. The van der Waals surface area contributed by atoms with E-state index in [0.29, 0.717) is 27.6 Å². The summed E-state index contributed by atoms with van der Waals surface area (Å²) >= 11 is 5.90. The topological polar surface area (TPSA) is 52.6 Å². The zero-order valence-electron chi connectivity index (χ0n) is 21.8. The van der Waals surface area contributed by atoms with Crippen molar-refractivity contribution in [3.63, 3.8) is 0 Å². The maximum absolute atomic E-state index is 12.9. The molecular weight excluding hydrogens is 496 g/mol. The molecule has 0 heterocycles. The van der Waals surface area contributed by atoms with Crippen LogP contribution in [0.25, 0.3) is 12.2 Å². The Balaban J connectivity index is 1.36. The molecule has 0 radical (unpaired) electrons. The van der Waals surface area contributed by atoms with Crippen LogP contribution >= 0.6 is 11.6 Å². The molecule has 0 atom stereocenters. The van der Waals surface area contributed by atoms with Gasteiger partial charge in [-0.05, 0) is 99.5 Å². The molecule has 0 saturated carbocycles. The summed E-state index contributed by atoms with van der Waals surface area (Å²) in [6.45, 7) is 7.45. The first-order valence-electron chi connectivity index (χ1n) is 12.3. The Bertz CT molecular complexity index is 1450. The maximum Gasteiger partial charge on any atom is 0.355 e. The highest BCUT2D eigenvalue weighted by Gasteiger charge is 2.32. The molecule has 0 spiro atoms. The second kappa shape index (κ2) is 11.5. The number of carbonyl (C=O) groups is 2. The summed E-state index contributed by atoms with van der Waals surface area (Å²) in [7, 11) is 0. The van der Waals surface area contributed by atoms with Crippen LogP contribution < -0.4 is 9.47 Å². The van der Waals surface area contributed by atoms with Gasteiger partial charge in [-0.25, -0.2) is 4.79 Å². The molecular formula is C33H29ClO4. The number of ketones is 1. The largest absolute Gasteiger partial charge is 0.476 e. The Hall–Kier alpha value is -4.15. The fraction of sp³-hybridized carbons (Fsp3) is 0.152. The highest BCUT2D eigenvalue weighted by molar-refractivity contribution is 6.30. The SMILES string of the molecule is Cc1cc(C)cc(/C=C/c2ccc(OC(=O)C(C)(C)Oc3ccc(C(=O)c4ccc(Cl)cc4)cc3)cc2)c1. The number of rotatable bonds is 8. The van der Waals surface area contributed by atoms with E-state index in [0.717, 1.165) is 11.1 Å². The Morgan fingerprint density at radius 3 is 1.76 bits per heavy atom. The van der Waals surface area contributed by atoms with Gasteiger partial charge in [0.1, 0.15) is 11.5 Å². The Morgan fingerprint density at radius 2 is 1.18 bits per heavy atom. The number of halogens is 1. The molecule has 0 N–H and O–H groups in total. The molecule has 5 heteroatoms. The monoisotopic (exact) mass is 524 g/mol. The smallest absolute Gasteiger partial charge is 0.355 e. The molecule has 0 aliphatic rings. The van der Waals surface area contributed by atoms with E-state index in [4.69, 9.17) is 21.1 Å². The molecule has 38 heavy (non-hydrogen) atoms. The van der Waals surface area contributed by atoms with Crippen LogP contribution in [-0.2, 0) is 4.79 Å². The van der Waals surface area contributed by atoms with E-state index < -0.39 is 11.6 Å². The molecule has 0 amide bonds. The van der Waals surface area contributed by atoms with Gasteiger partial charge in [0, 0.05) is 16.1 Å². The van der Waals surface area contributed by atoms with Gasteiger partial charge in [-0.2, -0.15) is 0 Å². The van der Waals surface area contributed by atoms with Gasteiger partial charge in [0.25, 0.3) is 0 Å². The van der Waals surface area contributed by atoms with Crippen molar-refractivity contribution in [1.29, 1.82) is 0 Å². The van der Waals surface area contributed by atoms with Crippen LogP contribution in [0.15, 0.2) is 91.0 Å². The number of carbonyl (C=O) groups excluding carboxylic acids is 2. The molecule has 192 valence electrons. The molecule has 0 aliphatic heterocycles. The minimum absolute atomic E-state index is 0.126. The van der Waals surface area contributed by atoms with Crippen molar-refractivity contribution in [3.8, 4) is 11.5 Å². The van der Waals surface area contributed by atoms with Crippen LogP contribution in [0, 0.1) is 13.8 Å². The van der Waals surface area contributed by atoms with Gasteiger partial charge >= 0.3 is 5.97 Å². The summed E-state index contributed by atoms with van der Waals surface area (Å²) in [6, 6.07) is 27.1. The first-order valence-corrected chi connectivity index (χ1v) is 12.6. The average Bonchev–Trinajstić information content (AvgIpc) is 2.88. The number of esters is 1. The van der Waals surface area contributed by atoms with E-state index in [1.54, 1.807) is 74.5 Å². The molecule has 0 aromatic heterocycles. The summed E-state index contributed by atoms with van der Waals surface area (Å²) < 4.78 is 11.5. The third kappa shape index (κ3) is 6.99. The number of benzene rings is 4. The van der Waals surface area contributed by atoms with Gasteiger partial charge in [0.2, 0.25) is 5.60 Å². The second-order valence-corrected chi connectivity index (χ2v) is 10.1. The lowest BCUT2D eigenvalue weighted by atomic mass is 10.0. The van der Waals surface area contributed by atoms with Crippen LogP contribution in [0.1, 0.15) is 52.0 Å². The van der Waals surface area contributed by atoms with Crippen LogP contribution in [0.2, 0.25) is 5.02 Å². The fourth-order valence-corrected chi connectivity index (χ4v) is 4.08. The molecule has 4 aromatic rings. The molecule has 0 aliphatic carbocycles. The summed E-state index contributed by atoms with van der Waals surface area (Å²) in [6.07, 6.45) is 4.08. The molecule has 4 nitrogen and oxygen atoms in total. The van der Waals surface area contributed by atoms with Gasteiger partial charge in [0.15, 0.2) is 5.78 Å². The summed E-state index contributed by atoms with van der Waals surface area (Å²) in [4.78, 5) is 25.5. The summed E-state index contributed by atoms with van der Waals surface area (Å²) in [5.41, 5.74) is 4.37. The van der Waals surface area contributed by atoms with Crippen molar-refractivity contribution in [2.24, 2.45) is 0 Å². The van der Waals surface area contributed by atoms with Crippen molar-refractivity contribution in [2.75, 3.05) is 0 Å². The van der Waals surface area contributed by atoms with Crippen molar-refractivity contribution in [1.82, 2.24) is 0 Å². The molecule has 4 rings (SSSR count). The van der Waals surface area contributed by atoms with E-state index in [9.17, 15) is 9.59 Å². The Kier molecular flexibility index (Phi) is 8.13. The quantitative estimate of drug-likeness (QED) is 0.101. The number of ether oxygens (including phenoxy) is 2. The van der Waals surface area contributed by atoms with E-state index >= 15 is 0 Å². The van der Waals surface area contributed by atoms with E-state index in [1.807, 2.05) is 18.2 Å². The zero-order chi connectivity index (χ0) is 27.3. The molecule has 0 saturated heterocycles. The van der Waals surface area contributed by atoms with Crippen molar-refractivity contribution in [2.45, 2.75) is 33.3 Å². The number of hydrogen-bond acceptors (Lipinski definition) is 4. The van der Waals surface area contributed by atoms with Crippen LogP contribution in [-0.4, -0.2) is 17.4 Å². The third-order valence-corrected chi connectivity index (χ3v) is 6.14. The van der Waals surface area contributed by atoms with E-state index in [1.165, 1.54) is 11.1 Å². The lowest BCUT2D eigenvalue weighted by Crippen LogP contribution is -2.41. The molecule has 0 fully saturated rings. The summed E-state index contributed by atoms with van der Waals surface area (Å²) in [5, 5.41) is 0.570. The highest BCUT2D eigenvalue weighted by Crippen LogP contribution is 2.24. The number of aryl methyl sites for hydroxylation is 2. The molecule has 0 unspecified atom stereocenters. The zero-order valence-corrected chi connectivity index (χ0v) is 22.6. The lowest BCUT2D eigenvalue weighted by Gasteiger charge is -2.24. The standard InChI is InChI=1S/C33H29ClO4/c1-22-19-23(2)21-25(20-22)6-5-24-7-15-29(16-8-24)37-32(36)33(3,4)38-30-17-11-27(12-18-30)31(35)26-9-13-28(34)14-10-26/h5-21H,1-4H3/b6-5+. The first-order chi connectivity index (χ1) is 18.1. The molecule has 0 bridgehead atoms. The van der Waals surface area contributed by atoms with Crippen LogP contribution in [0.3, 0.4) is 0 Å². The third-order valence-electron chi connectivity index (χ3n) is 5.89. The Morgan fingerprint density at radius 1 is 0.684 bits per heavy atom. The van der Waals surface area contributed by atoms with Crippen molar-refractivity contribution >= 4 is 35.5 Å². The number of hydrogen-bond donors (Lipinski definition) is 0. The second-order valence-electron chi connectivity index (χ2n) is 9.69. The van der Waals surface area contributed by atoms with Gasteiger partial charge in [-0.15, -0.1) is 0 Å². The van der Waals surface area contributed by atoms with Gasteiger partial charge in [0.05, 0.1) is 0 Å². The normalized spacial score (nSPS) is 11.4. The average molecular weight is 525 g/mol. The van der Waals surface area contributed by atoms with Gasteiger partial charge < -0.3 is 9.47 Å². The van der Waals surface area contributed by atoms with Gasteiger partial charge in [-0.1, -0.05) is 65.2 Å². The molecule has 4 aromatic carbocycles. The minimum Gasteiger partial charge on any atom is -0.476 e. The van der Waals surface area contributed by atoms with E-state index in [-0.39, 0.29) is 5.78 Å². The van der Waals surface area contributed by atoms with Gasteiger partial charge in [-0.3, -0.25) is 4.79 Å². The predicted octanol–water partition coefficient (Wildman–Crippen LogP) is 8.12.